The summed E-state index contributed by atoms with van der Waals surface area (Å²) in [5, 5.41) is 20.6. The van der Waals surface area contributed by atoms with Gasteiger partial charge in [-0.2, -0.15) is 0 Å². The van der Waals surface area contributed by atoms with Crippen molar-refractivity contribution in [2.75, 3.05) is 4.90 Å². The lowest BCUT2D eigenvalue weighted by atomic mass is 9.58. The van der Waals surface area contributed by atoms with Crippen LogP contribution in [0.5, 0.6) is 5.75 Å². The van der Waals surface area contributed by atoms with Gasteiger partial charge in [0, 0.05) is 0 Å². The Kier molecular flexibility index (Phi) is 7.65. The number of nitrogens with zero attached hydrogens (tertiary/aromatic N) is 1. The van der Waals surface area contributed by atoms with Crippen LogP contribution in [0.15, 0.2) is 96.1 Å². The molecule has 41 heavy (non-hydrogen) atoms. The SMILES string of the molecule is CCC1=C2[C@@H](CC/C(=C/c3ccc(O)cc3)c3ccccc3)OB(O)C[C@@H]2[C@@H]2C(=O)N(c3ccccc3)C(=O)[C@@H]2C1. The van der Waals surface area contributed by atoms with E-state index in [9.17, 15) is 19.7 Å². The van der Waals surface area contributed by atoms with Crippen molar-refractivity contribution in [3.05, 3.63) is 107 Å². The first kappa shape index (κ1) is 27.2. The van der Waals surface area contributed by atoms with Crippen LogP contribution in [0.4, 0.5) is 5.69 Å². The van der Waals surface area contributed by atoms with Crippen molar-refractivity contribution in [1.29, 1.82) is 0 Å². The molecule has 2 heterocycles. The normalized spacial score (nSPS) is 24.5. The maximum atomic E-state index is 13.8. The van der Waals surface area contributed by atoms with Gasteiger partial charge in [0.1, 0.15) is 5.75 Å². The number of fused-ring (bicyclic) bond motifs is 3. The monoisotopic (exact) mass is 547 g/mol. The summed E-state index contributed by atoms with van der Waals surface area (Å²) in [6, 6.07) is 26.4. The quantitative estimate of drug-likeness (QED) is 0.161. The Morgan fingerprint density at radius 3 is 2.32 bits per heavy atom. The second-order valence-corrected chi connectivity index (χ2v) is 11.2. The molecule has 0 aromatic heterocycles. The zero-order chi connectivity index (χ0) is 28.5. The minimum atomic E-state index is -1.000. The van der Waals surface area contributed by atoms with E-state index < -0.39 is 19.0 Å². The highest BCUT2D eigenvalue weighted by Gasteiger charge is 2.57. The van der Waals surface area contributed by atoms with Crippen LogP contribution < -0.4 is 4.90 Å². The molecule has 0 saturated carbocycles. The number of imide groups is 1. The molecule has 2 N–H and O–H groups in total. The predicted molar refractivity (Wildman–Crippen MR) is 161 cm³/mol. The molecule has 2 fully saturated rings. The van der Waals surface area contributed by atoms with E-state index in [2.05, 4.69) is 25.1 Å². The van der Waals surface area contributed by atoms with Crippen LogP contribution in [-0.2, 0) is 14.2 Å². The smallest absolute Gasteiger partial charge is 0.455 e. The lowest BCUT2D eigenvalue weighted by Gasteiger charge is -2.43. The van der Waals surface area contributed by atoms with Gasteiger partial charge in [0.2, 0.25) is 11.8 Å². The number of carbonyl (C=O) groups is 2. The highest BCUT2D eigenvalue weighted by atomic mass is 16.5. The molecular formula is C34H34BNO5. The molecule has 7 heteroatoms. The van der Waals surface area contributed by atoms with Crippen molar-refractivity contribution in [2.45, 2.75) is 45.0 Å². The fraction of sp³-hybridized carbons (Fsp3) is 0.294. The Morgan fingerprint density at radius 2 is 1.63 bits per heavy atom. The van der Waals surface area contributed by atoms with E-state index in [1.165, 1.54) is 10.5 Å². The van der Waals surface area contributed by atoms with E-state index in [4.69, 9.17) is 4.65 Å². The number of phenols is 1. The van der Waals surface area contributed by atoms with Gasteiger partial charge in [-0.1, -0.05) is 79.2 Å². The summed E-state index contributed by atoms with van der Waals surface area (Å²) in [4.78, 5) is 28.8. The number of phenolic OH excluding ortho intramolecular Hbond substituents is 1. The van der Waals surface area contributed by atoms with Gasteiger partial charge in [-0.3, -0.25) is 14.5 Å². The fourth-order valence-electron chi connectivity index (χ4n) is 6.94. The topological polar surface area (TPSA) is 87.1 Å². The van der Waals surface area contributed by atoms with E-state index in [1.54, 1.807) is 24.3 Å². The number of carbonyl (C=O) groups excluding carboxylic acids is 2. The van der Waals surface area contributed by atoms with Crippen molar-refractivity contribution in [3.8, 4) is 5.75 Å². The summed E-state index contributed by atoms with van der Waals surface area (Å²) >= 11 is 0. The first-order valence-electron chi connectivity index (χ1n) is 14.5. The zero-order valence-electron chi connectivity index (χ0n) is 23.1. The summed E-state index contributed by atoms with van der Waals surface area (Å²) in [7, 11) is -1.000. The highest BCUT2D eigenvalue weighted by Crippen LogP contribution is 2.52. The van der Waals surface area contributed by atoms with Crippen molar-refractivity contribution in [2.24, 2.45) is 17.8 Å². The average Bonchev–Trinajstić information content (AvgIpc) is 3.25. The third-order valence-electron chi connectivity index (χ3n) is 8.80. The summed E-state index contributed by atoms with van der Waals surface area (Å²) in [6.45, 7) is 2.10. The van der Waals surface area contributed by atoms with E-state index in [1.807, 2.05) is 48.5 Å². The van der Waals surface area contributed by atoms with Crippen molar-refractivity contribution < 1.29 is 24.4 Å². The molecule has 0 spiro atoms. The summed E-state index contributed by atoms with van der Waals surface area (Å²) in [5.41, 5.74) is 6.07. The van der Waals surface area contributed by atoms with Crippen LogP contribution in [0, 0.1) is 17.8 Å². The maximum absolute atomic E-state index is 13.8. The average molecular weight is 547 g/mol. The van der Waals surface area contributed by atoms with E-state index in [0.29, 0.717) is 31.3 Å². The van der Waals surface area contributed by atoms with Crippen LogP contribution in [0.1, 0.15) is 43.7 Å². The molecule has 3 aromatic rings. The number of allylic oxidation sites excluding steroid dienone is 2. The molecule has 3 aromatic carbocycles. The summed E-state index contributed by atoms with van der Waals surface area (Å²) < 4.78 is 6.19. The number of para-hydroxylation sites is 1. The molecule has 3 aliphatic rings. The molecule has 0 unspecified atom stereocenters. The van der Waals surface area contributed by atoms with Crippen LogP contribution in [0.25, 0.3) is 11.6 Å². The fourth-order valence-corrected chi connectivity index (χ4v) is 6.94. The van der Waals surface area contributed by atoms with Crippen LogP contribution >= 0.6 is 0 Å². The number of amides is 2. The number of hydrogen-bond donors (Lipinski definition) is 2. The van der Waals surface area contributed by atoms with Gasteiger partial charge in [-0.25, -0.2) is 0 Å². The van der Waals surface area contributed by atoms with Gasteiger partial charge in [0.15, 0.2) is 0 Å². The van der Waals surface area contributed by atoms with Crippen LogP contribution in [0.3, 0.4) is 0 Å². The number of anilines is 1. The Hall–Kier alpha value is -3.94. The van der Waals surface area contributed by atoms with E-state index in [-0.39, 0.29) is 29.6 Å². The molecule has 2 saturated heterocycles. The molecule has 2 amide bonds. The van der Waals surface area contributed by atoms with Crippen LogP contribution in [-0.4, -0.2) is 35.2 Å². The lowest BCUT2D eigenvalue weighted by Crippen LogP contribution is -2.46. The van der Waals surface area contributed by atoms with Crippen molar-refractivity contribution in [1.82, 2.24) is 0 Å². The standard InChI is InChI=1S/C34H34BNO5/c1-2-23-20-28-32(34(39)36(33(28)38)26-11-7-4-8-12-26)29-21-35(40)41-30(31(23)29)18-15-25(24-9-5-3-6-10-24)19-22-13-16-27(37)17-14-22/h3-14,16-17,19,28-30,32,37,40H,2,15,18,20-21H2,1H3/b25-19-/t28-,29+,30-,32-/m1/s1. The molecule has 4 atom stereocenters. The second kappa shape index (κ2) is 11.5. The molecule has 0 bridgehead atoms. The third-order valence-corrected chi connectivity index (χ3v) is 8.80. The molecule has 208 valence electrons. The first-order valence-corrected chi connectivity index (χ1v) is 14.5. The Labute approximate surface area is 241 Å². The molecule has 6 rings (SSSR count). The van der Waals surface area contributed by atoms with Gasteiger partial charge >= 0.3 is 7.12 Å². The molecule has 1 aliphatic carbocycles. The predicted octanol–water partition coefficient (Wildman–Crippen LogP) is 6.12. The largest absolute Gasteiger partial charge is 0.508 e. The van der Waals surface area contributed by atoms with Gasteiger partial charge in [0.05, 0.1) is 23.6 Å². The van der Waals surface area contributed by atoms with Crippen molar-refractivity contribution >= 4 is 36.3 Å². The van der Waals surface area contributed by atoms with Gasteiger partial charge in [-0.05, 0) is 84.5 Å². The Balaban J connectivity index is 1.31. The Morgan fingerprint density at radius 1 is 0.951 bits per heavy atom. The molecule has 6 nitrogen and oxygen atoms in total. The second-order valence-electron chi connectivity index (χ2n) is 11.2. The zero-order valence-corrected chi connectivity index (χ0v) is 23.1. The number of hydrogen-bond acceptors (Lipinski definition) is 5. The number of rotatable bonds is 7. The Bertz CT molecular complexity index is 1480. The van der Waals surface area contributed by atoms with Gasteiger partial charge in [-0.15, -0.1) is 0 Å². The van der Waals surface area contributed by atoms with Crippen LogP contribution in [0.2, 0.25) is 6.32 Å². The third kappa shape index (κ3) is 5.28. The van der Waals surface area contributed by atoms with Gasteiger partial charge < -0.3 is 14.8 Å². The minimum Gasteiger partial charge on any atom is -0.508 e. The van der Waals surface area contributed by atoms with Crippen molar-refractivity contribution in [3.63, 3.8) is 0 Å². The van der Waals surface area contributed by atoms with Gasteiger partial charge in [0.25, 0.3) is 0 Å². The highest BCUT2D eigenvalue weighted by molar-refractivity contribution is 6.43. The number of aromatic hydroxyl groups is 1. The first-order chi connectivity index (χ1) is 19.9. The lowest BCUT2D eigenvalue weighted by molar-refractivity contribution is -0.122. The molecule has 0 radical (unpaired) electrons. The molecular weight excluding hydrogens is 513 g/mol. The molecule has 2 aliphatic heterocycles. The number of benzene rings is 3. The maximum Gasteiger partial charge on any atom is 0.455 e. The van der Waals surface area contributed by atoms with E-state index >= 15 is 0 Å². The minimum absolute atomic E-state index is 0.142. The summed E-state index contributed by atoms with van der Waals surface area (Å²) in [6.07, 6.45) is 4.72. The summed E-state index contributed by atoms with van der Waals surface area (Å²) in [5.74, 6) is -1.23. The van der Waals surface area contributed by atoms with E-state index in [0.717, 1.165) is 28.7 Å².